The van der Waals surface area contributed by atoms with E-state index in [9.17, 15) is 10.1 Å². The first-order valence-corrected chi connectivity index (χ1v) is 6.41. The molecular formula is C11H15IN2O3. The first-order valence-electron chi connectivity index (χ1n) is 5.33. The van der Waals surface area contributed by atoms with E-state index in [1.165, 1.54) is 6.07 Å². The van der Waals surface area contributed by atoms with Crippen LogP contribution in [0.4, 0.5) is 11.4 Å². The number of nitrogens with zero attached hydrogens (tertiary/aromatic N) is 1. The Kier molecular flexibility index (Phi) is 5.63. The van der Waals surface area contributed by atoms with Gasteiger partial charge in [-0.05, 0) is 47.1 Å². The van der Waals surface area contributed by atoms with Gasteiger partial charge in [-0.2, -0.15) is 0 Å². The second-order valence-electron chi connectivity index (χ2n) is 3.92. The summed E-state index contributed by atoms with van der Waals surface area (Å²) in [6, 6.07) is 4.96. The first kappa shape index (κ1) is 14.2. The first-order chi connectivity index (χ1) is 8.04. The lowest BCUT2D eigenvalue weighted by Crippen LogP contribution is -2.12. The molecule has 0 aromatic heterocycles. The summed E-state index contributed by atoms with van der Waals surface area (Å²) in [6.07, 6.45) is 0.747. The average molecular weight is 350 g/mol. The van der Waals surface area contributed by atoms with E-state index in [2.05, 4.69) is 5.32 Å². The fourth-order valence-corrected chi connectivity index (χ4v) is 2.09. The average Bonchev–Trinajstić information content (AvgIpc) is 2.26. The van der Waals surface area contributed by atoms with Gasteiger partial charge < -0.3 is 10.4 Å². The fourth-order valence-electron chi connectivity index (χ4n) is 1.38. The number of nitrogens with one attached hydrogen (secondary N) is 1. The molecule has 0 saturated heterocycles. The minimum absolute atomic E-state index is 0.125. The van der Waals surface area contributed by atoms with E-state index in [1.807, 2.05) is 29.5 Å². The van der Waals surface area contributed by atoms with Gasteiger partial charge in [0.25, 0.3) is 5.69 Å². The summed E-state index contributed by atoms with van der Waals surface area (Å²) >= 11 is 1.95. The Morgan fingerprint density at radius 3 is 2.82 bits per heavy atom. The number of rotatable bonds is 6. The molecule has 0 radical (unpaired) electrons. The summed E-state index contributed by atoms with van der Waals surface area (Å²) < 4.78 is 0.618. The Morgan fingerprint density at radius 1 is 1.59 bits per heavy atom. The van der Waals surface area contributed by atoms with E-state index in [0.29, 0.717) is 9.49 Å². The van der Waals surface area contributed by atoms with Crippen LogP contribution in [-0.2, 0) is 0 Å². The zero-order valence-electron chi connectivity index (χ0n) is 9.52. The normalized spacial score (nSPS) is 12.2. The topological polar surface area (TPSA) is 75.4 Å². The number of anilines is 1. The van der Waals surface area contributed by atoms with Crippen molar-refractivity contribution in [1.29, 1.82) is 0 Å². The van der Waals surface area contributed by atoms with E-state index in [1.54, 1.807) is 12.1 Å². The third kappa shape index (κ3) is 4.47. The lowest BCUT2D eigenvalue weighted by molar-refractivity contribution is -0.385. The van der Waals surface area contributed by atoms with Crippen LogP contribution >= 0.6 is 22.6 Å². The third-order valence-electron chi connectivity index (χ3n) is 2.42. The number of aliphatic hydroxyl groups is 1. The molecule has 0 fully saturated rings. The van der Waals surface area contributed by atoms with Crippen LogP contribution in [-0.4, -0.2) is 23.2 Å². The molecule has 0 bridgehead atoms. The van der Waals surface area contributed by atoms with Gasteiger partial charge in [-0.15, -0.1) is 0 Å². The molecule has 0 saturated carbocycles. The molecule has 0 aliphatic rings. The summed E-state index contributed by atoms with van der Waals surface area (Å²) in [5.74, 6) is 0.368. The molecule has 17 heavy (non-hydrogen) atoms. The molecular weight excluding hydrogens is 335 g/mol. The molecule has 1 aromatic rings. The number of halogens is 1. The van der Waals surface area contributed by atoms with E-state index >= 15 is 0 Å². The molecule has 1 aromatic carbocycles. The van der Waals surface area contributed by atoms with Gasteiger partial charge in [-0.1, -0.05) is 6.92 Å². The number of hydrogen-bond acceptors (Lipinski definition) is 4. The number of nitro benzene ring substituents is 1. The van der Waals surface area contributed by atoms with Crippen molar-refractivity contribution in [2.75, 3.05) is 18.5 Å². The molecule has 94 valence electrons. The summed E-state index contributed by atoms with van der Waals surface area (Å²) in [6.45, 7) is 2.97. The van der Waals surface area contributed by atoms with Gasteiger partial charge in [0.1, 0.15) is 0 Å². The molecule has 1 rings (SSSR count). The van der Waals surface area contributed by atoms with Crippen LogP contribution in [0.25, 0.3) is 0 Å². The van der Waals surface area contributed by atoms with Gasteiger partial charge in [0.05, 0.1) is 8.49 Å². The van der Waals surface area contributed by atoms with Crippen molar-refractivity contribution in [3.8, 4) is 0 Å². The lowest BCUT2D eigenvalue weighted by Gasteiger charge is -2.12. The molecule has 0 spiro atoms. The van der Waals surface area contributed by atoms with Gasteiger partial charge in [0, 0.05) is 24.9 Å². The van der Waals surface area contributed by atoms with Crippen LogP contribution in [0, 0.1) is 19.6 Å². The molecule has 0 amide bonds. The Labute approximate surface area is 114 Å². The van der Waals surface area contributed by atoms with E-state index in [4.69, 9.17) is 5.11 Å². The summed E-state index contributed by atoms with van der Waals surface area (Å²) in [5, 5.41) is 22.6. The summed E-state index contributed by atoms with van der Waals surface area (Å²) in [7, 11) is 0. The van der Waals surface area contributed by atoms with Gasteiger partial charge in [0.15, 0.2) is 0 Å². The maximum atomic E-state index is 10.6. The van der Waals surface area contributed by atoms with Gasteiger partial charge >= 0.3 is 0 Å². The van der Waals surface area contributed by atoms with Crippen molar-refractivity contribution >= 4 is 34.0 Å². The Bertz CT molecular complexity index is 398. The Morgan fingerprint density at radius 2 is 2.29 bits per heavy atom. The molecule has 1 unspecified atom stereocenters. The van der Waals surface area contributed by atoms with Crippen molar-refractivity contribution < 1.29 is 10.0 Å². The maximum Gasteiger partial charge on any atom is 0.282 e. The standard InChI is InChI=1S/C11H15IN2O3/c1-8(4-5-15)7-13-9-2-3-11(14(16)17)10(12)6-9/h2-3,6,8,13,15H,4-5,7H2,1H3. The fraction of sp³-hybridized carbons (Fsp3) is 0.455. The smallest absolute Gasteiger partial charge is 0.282 e. The molecule has 0 heterocycles. The van der Waals surface area contributed by atoms with Gasteiger partial charge in [-0.3, -0.25) is 10.1 Å². The van der Waals surface area contributed by atoms with Crippen LogP contribution in [0.2, 0.25) is 0 Å². The number of aliphatic hydroxyl groups excluding tert-OH is 1. The largest absolute Gasteiger partial charge is 0.396 e. The van der Waals surface area contributed by atoms with E-state index in [-0.39, 0.29) is 17.2 Å². The summed E-state index contributed by atoms with van der Waals surface area (Å²) in [5.41, 5.74) is 0.990. The minimum Gasteiger partial charge on any atom is -0.396 e. The van der Waals surface area contributed by atoms with Crippen LogP contribution in [0.3, 0.4) is 0 Å². The highest BCUT2D eigenvalue weighted by molar-refractivity contribution is 14.1. The zero-order chi connectivity index (χ0) is 12.8. The molecule has 2 N–H and O–H groups in total. The van der Waals surface area contributed by atoms with Crippen LogP contribution in [0.15, 0.2) is 18.2 Å². The lowest BCUT2D eigenvalue weighted by atomic mass is 10.1. The molecule has 0 aliphatic carbocycles. The Balaban J connectivity index is 2.62. The van der Waals surface area contributed by atoms with Gasteiger partial charge in [0.2, 0.25) is 0 Å². The second kappa shape index (κ2) is 6.75. The van der Waals surface area contributed by atoms with Crippen LogP contribution in [0.5, 0.6) is 0 Å². The maximum absolute atomic E-state index is 10.6. The van der Waals surface area contributed by atoms with Crippen LogP contribution < -0.4 is 5.32 Å². The van der Waals surface area contributed by atoms with Crippen molar-refractivity contribution in [3.05, 3.63) is 31.9 Å². The van der Waals surface area contributed by atoms with Crippen molar-refractivity contribution in [3.63, 3.8) is 0 Å². The van der Waals surface area contributed by atoms with Crippen molar-refractivity contribution in [2.45, 2.75) is 13.3 Å². The van der Waals surface area contributed by atoms with Gasteiger partial charge in [-0.25, -0.2) is 0 Å². The molecule has 6 heteroatoms. The molecule has 1 atom stereocenters. The summed E-state index contributed by atoms with van der Waals surface area (Å²) in [4.78, 5) is 10.2. The highest BCUT2D eigenvalue weighted by atomic mass is 127. The predicted octanol–water partition coefficient (Wildman–Crippen LogP) is 2.63. The quantitative estimate of drug-likeness (QED) is 0.470. The van der Waals surface area contributed by atoms with E-state index in [0.717, 1.165) is 18.7 Å². The second-order valence-corrected chi connectivity index (χ2v) is 5.08. The van der Waals surface area contributed by atoms with Crippen molar-refractivity contribution in [2.24, 2.45) is 5.92 Å². The number of benzene rings is 1. The monoisotopic (exact) mass is 350 g/mol. The number of nitro groups is 1. The predicted molar refractivity (Wildman–Crippen MR) is 75.2 cm³/mol. The van der Waals surface area contributed by atoms with Crippen LogP contribution in [0.1, 0.15) is 13.3 Å². The molecule has 5 nitrogen and oxygen atoms in total. The highest BCUT2D eigenvalue weighted by Crippen LogP contribution is 2.24. The van der Waals surface area contributed by atoms with E-state index < -0.39 is 0 Å². The molecule has 0 aliphatic heterocycles. The highest BCUT2D eigenvalue weighted by Gasteiger charge is 2.11. The SMILES string of the molecule is CC(CCO)CNc1ccc([N+](=O)[O-])c(I)c1. The third-order valence-corrected chi connectivity index (χ3v) is 3.28. The number of hydrogen-bond donors (Lipinski definition) is 2. The zero-order valence-corrected chi connectivity index (χ0v) is 11.7. The van der Waals surface area contributed by atoms with Crippen molar-refractivity contribution in [1.82, 2.24) is 0 Å². The Hall–Kier alpha value is -0.890. The minimum atomic E-state index is -0.389.